The molecule has 0 aliphatic rings. The molecule has 0 saturated heterocycles. The second-order valence-electron chi connectivity index (χ2n) is 2.61. The van der Waals surface area contributed by atoms with Crippen LogP contribution in [0.5, 0.6) is 5.75 Å². The Hall–Kier alpha value is -0.978. The van der Waals surface area contributed by atoms with Crippen molar-refractivity contribution in [3.05, 3.63) is 29.3 Å². The summed E-state index contributed by atoms with van der Waals surface area (Å²) in [6.07, 6.45) is 0. The monoisotopic (exact) mass is 192 g/mol. The first-order valence-electron chi connectivity index (χ1n) is 3.74. The molecule has 0 bridgehead atoms. The highest BCUT2D eigenvalue weighted by molar-refractivity contribution is 6.02. The third-order valence-electron chi connectivity index (χ3n) is 1.67. The smallest absolute Gasteiger partial charge is 0.482 e. The number of carbonyl (C=O) groups excluding carboxylic acids is 1. The van der Waals surface area contributed by atoms with Gasteiger partial charge in [-0.3, -0.25) is 0 Å². The maximum atomic E-state index is 11.2. The fourth-order valence-electron chi connectivity index (χ4n) is 1.01. The first-order chi connectivity index (χ1) is 6.19. The molecule has 0 spiro atoms. The summed E-state index contributed by atoms with van der Waals surface area (Å²) in [6.45, 7) is 1.92. The molecule has 0 saturated carbocycles. The van der Waals surface area contributed by atoms with Gasteiger partial charge in [0, 0.05) is 0 Å². The lowest BCUT2D eigenvalue weighted by Gasteiger charge is -2.08. The minimum absolute atomic E-state index is 0.391. The van der Waals surface area contributed by atoms with Crippen LogP contribution in [0.1, 0.15) is 15.9 Å². The summed E-state index contributed by atoms with van der Waals surface area (Å²) >= 11 is 2.11. The van der Waals surface area contributed by atoms with Gasteiger partial charge < -0.3 is 8.53 Å². The molecule has 0 aromatic heterocycles. The van der Waals surface area contributed by atoms with Crippen LogP contribution in [0.25, 0.3) is 0 Å². The summed E-state index contributed by atoms with van der Waals surface area (Å²) in [5, 5.41) is 0. The van der Waals surface area contributed by atoms with E-state index < -0.39 is 5.97 Å². The summed E-state index contributed by atoms with van der Waals surface area (Å²) in [7, 11) is 1.34. The fraction of sp³-hybridized carbons (Fsp3) is 0.222. The zero-order valence-corrected chi connectivity index (χ0v) is 8.69. The third-order valence-corrected chi connectivity index (χ3v) is 1.92. The molecule has 0 aliphatic carbocycles. The molecule has 66 valence electrons. The summed E-state index contributed by atoms with van der Waals surface area (Å²) in [5.74, 6) is 0.120. The molecule has 13 heavy (non-hydrogen) atoms. The third kappa shape index (κ3) is 2.24. The van der Waals surface area contributed by atoms with Crippen molar-refractivity contribution in [2.45, 2.75) is 6.92 Å². The number of rotatable bonds is 2. The van der Waals surface area contributed by atoms with Crippen LogP contribution < -0.4 is 3.79 Å². The van der Waals surface area contributed by atoms with E-state index in [4.69, 9.17) is 3.79 Å². The van der Waals surface area contributed by atoms with Gasteiger partial charge in [-0.05, 0) is 24.6 Å². The number of benzene rings is 1. The Balaban J connectivity index is 3.13. The fourth-order valence-corrected chi connectivity index (χ4v) is 1.20. The number of ether oxygens (including phenoxy) is 1. The molecule has 0 heterocycles. The van der Waals surface area contributed by atoms with Gasteiger partial charge in [0.2, 0.25) is 0 Å². The molecule has 4 heteroatoms. The van der Waals surface area contributed by atoms with Crippen molar-refractivity contribution in [2.24, 2.45) is 0 Å². The molecule has 3 nitrogen and oxygen atoms in total. The SMILES string of the molecule is COC(=O)c1ccc(C)cc1[O][Al]. The number of esters is 1. The van der Waals surface area contributed by atoms with Crippen LogP contribution >= 0.6 is 0 Å². The molecule has 0 aliphatic heterocycles. The van der Waals surface area contributed by atoms with Gasteiger partial charge in [0.1, 0.15) is 0 Å². The predicted octanol–water partition coefficient (Wildman–Crippen LogP) is 1.24. The van der Waals surface area contributed by atoms with Gasteiger partial charge in [-0.15, -0.1) is 0 Å². The molecule has 1 rings (SSSR count). The molecule has 1 aromatic rings. The lowest BCUT2D eigenvalue weighted by molar-refractivity contribution is 0.0598. The average Bonchev–Trinajstić information content (AvgIpc) is 2.16. The van der Waals surface area contributed by atoms with E-state index in [0.29, 0.717) is 11.3 Å². The highest BCUT2D eigenvalue weighted by atomic mass is 27.1. The van der Waals surface area contributed by atoms with Gasteiger partial charge >= 0.3 is 22.6 Å². The lowest BCUT2D eigenvalue weighted by Crippen LogP contribution is -2.04. The number of methoxy groups -OCH3 is 1. The molecular formula is C9H9AlO3. The number of aryl methyl sites for hydroxylation is 1. The Morgan fingerprint density at radius 1 is 1.46 bits per heavy atom. The Bertz CT molecular complexity index is 323. The second kappa shape index (κ2) is 4.31. The molecule has 1 aromatic carbocycles. The van der Waals surface area contributed by atoms with Gasteiger partial charge in [-0.25, -0.2) is 4.79 Å². The normalized spacial score (nSPS) is 9.38. The molecular weight excluding hydrogens is 183 g/mol. The highest BCUT2D eigenvalue weighted by Gasteiger charge is 2.10. The summed E-state index contributed by atoms with van der Waals surface area (Å²) < 4.78 is 9.56. The van der Waals surface area contributed by atoms with Crippen molar-refractivity contribution in [2.75, 3.05) is 7.11 Å². The molecule has 2 radical (unpaired) electrons. The largest absolute Gasteiger partial charge is 0.653 e. The van der Waals surface area contributed by atoms with Crippen LogP contribution in [0.15, 0.2) is 18.2 Å². The van der Waals surface area contributed by atoms with E-state index >= 15 is 0 Å². The molecule has 0 N–H and O–H groups in total. The topological polar surface area (TPSA) is 35.5 Å². The first kappa shape index (κ1) is 10.1. The van der Waals surface area contributed by atoms with E-state index in [1.54, 1.807) is 12.1 Å². The molecule has 0 atom stereocenters. The van der Waals surface area contributed by atoms with Crippen LogP contribution in [0.3, 0.4) is 0 Å². The summed E-state index contributed by atoms with van der Waals surface area (Å²) in [5.41, 5.74) is 1.47. The molecule has 0 fully saturated rings. The second-order valence-corrected chi connectivity index (χ2v) is 2.84. The van der Waals surface area contributed by atoms with E-state index in [0.717, 1.165) is 5.56 Å². The molecule has 0 amide bonds. The molecule has 0 unspecified atom stereocenters. The number of carbonyl (C=O) groups is 1. The van der Waals surface area contributed by atoms with Crippen LogP contribution in [-0.2, 0) is 4.74 Å². The van der Waals surface area contributed by atoms with Crippen molar-refractivity contribution >= 4 is 22.6 Å². The van der Waals surface area contributed by atoms with Crippen LogP contribution in [0.2, 0.25) is 0 Å². The van der Waals surface area contributed by atoms with E-state index in [1.807, 2.05) is 13.0 Å². The quantitative estimate of drug-likeness (QED) is 0.522. The minimum atomic E-state index is -0.391. The van der Waals surface area contributed by atoms with Gasteiger partial charge in [0.25, 0.3) is 0 Å². The average molecular weight is 192 g/mol. The number of hydrogen-bond acceptors (Lipinski definition) is 3. The summed E-state index contributed by atoms with van der Waals surface area (Å²) in [6, 6.07) is 5.29. The Kier molecular flexibility index (Phi) is 3.35. The van der Waals surface area contributed by atoms with E-state index in [2.05, 4.69) is 21.4 Å². The number of hydrogen-bond donors (Lipinski definition) is 0. The van der Waals surface area contributed by atoms with Gasteiger partial charge in [0.05, 0.1) is 18.4 Å². The first-order valence-corrected chi connectivity index (χ1v) is 4.22. The van der Waals surface area contributed by atoms with E-state index in [-0.39, 0.29) is 0 Å². The lowest BCUT2D eigenvalue weighted by atomic mass is 10.1. The maximum absolute atomic E-state index is 11.2. The zero-order chi connectivity index (χ0) is 9.84. The van der Waals surface area contributed by atoms with Crippen LogP contribution in [0.4, 0.5) is 0 Å². The van der Waals surface area contributed by atoms with E-state index in [9.17, 15) is 4.79 Å². The Morgan fingerprint density at radius 2 is 2.15 bits per heavy atom. The minimum Gasteiger partial charge on any atom is -0.653 e. The van der Waals surface area contributed by atoms with Crippen LogP contribution in [0, 0.1) is 6.92 Å². The predicted molar refractivity (Wildman–Crippen MR) is 48.9 cm³/mol. The van der Waals surface area contributed by atoms with Gasteiger partial charge in [-0.1, -0.05) is 6.07 Å². The van der Waals surface area contributed by atoms with Crippen LogP contribution in [-0.4, -0.2) is 29.7 Å². The Labute approximate surface area is 85.4 Å². The van der Waals surface area contributed by atoms with Crippen molar-refractivity contribution in [3.63, 3.8) is 0 Å². The highest BCUT2D eigenvalue weighted by Crippen LogP contribution is 2.20. The zero-order valence-electron chi connectivity index (χ0n) is 7.53. The van der Waals surface area contributed by atoms with Crippen molar-refractivity contribution in [1.82, 2.24) is 0 Å². The standard InChI is InChI=1S/C9H10O3.Al/c1-6-3-4-7(8(10)5-6)9(11)12-2;/h3-5,10H,1-2H3;/q;+1/p-1. The van der Waals surface area contributed by atoms with Crippen molar-refractivity contribution < 1.29 is 13.3 Å². The van der Waals surface area contributed by atoms with E-state index in [1.165, 1.54) is 7.11 Å². The van der Waals surface area contributed by atoms with Crippen molar-refractivity contribution in [1.29, 1.82) is 0 Å². The Morgan fingerprint density at radius 3 is 2.69 bits per heavy atom. The van der Waals surface area contributed by atoms with Gasteiger partial charge in [0.15, 0.2) is 0 Å². The summed E-state index contributed by atoms with van der Waals surface area (Å²) in [4.78, 5) is 11.2. The van der Waals surface area contributed by atoms with Crippen molar-refractivity contribution in [3.8, 4) is 5.75 Å². The van der Waals surface area contributed by atoms with Gasteiger partial charge in [-0.2, -0.15) is 0 Å². The maximum Gasteiger partial charge on any atom is 0.482 e.